The number of carbonyl (C=O) groups excluding carboxylic acids is 1. The van der Waals surface area contributed by atoms with E-state index in [1.165, 1.54) is 18.3 Å². The lowest BCUT2D eigenvalue weighted by molar-refractivity contribution is -0.0448. The van der Waals surface area contributed by atoms with Crippen molar-refractivity contribution in [3.05, 3.63) is 41.8 Å². The summed E-state index contributed by atoms with van der Waals surface area (Å²) < 4.78 is 19.3. The first-order valence-corrected chi connectivity index (χ1v) is 8.50. The van der Waals surface area contributed by atoms with Crippen LogP contribution in [0.2, 0.25) is 0 Å². The van der Waals surface area contributed by atoms with Gasteiger partial charge >= 0.3 is 0 Å². The highest BCUT2D eigenvalue weighted by Crippen LogP contribution is 2.35. The van der Waals surface area contributed by atoms with E-state index in [4.69, 9.17) is 4.74 Å². The lowest BCUT2D eigenvalue weighted by Gasteiger charge is -2.37. The second kappa shape index (κ2) is 6.57. The van der Waals surface area contributed by atoms with E-state index in [9.17, 15) is 14.3 Å². The zero-order valence-corrected chi connectivity index (χ0v) is 13.7. The third-order valence-electron chi connectivity index (χ3n) is 5.14. The zero-order chi connectivity index (χ0) is 17.4. The first kappa shape index (κ1) is 16.2. The number of aliphatic hydroxyl groups is 1. The molecule has 2 heterocycles. The van der Waals surface area contributed by atoms with Crippen molar-refractivity contribution < 1.29 is 19.0 Å². The number of nitrogens with one attached hydrogen (secondary N) is 1. The average Bonchev–Trinajstić information content (AvgIpc) is 3.27. The lowest BCUT2D eigenvalue weighted by Crippen LogP contribution is -2.51. The Labute approximate surface area is 144 Å². The molecule has 6 nitrogen and oxygen atoms in total. The second-order valence-electron chi connectivity index (χ2n) is 6.66. The molecule has 1 aliphatic heterocycles. The van der Waals surface area contributed by atoms with Crippen LogP contribution in [0, 0.1) is 11.7 Å². The number of aromatic nitrogens is 2. The molecule has 1 unspecified atom stereocenters. The number of amides is 1. The number of H-pyrrole nitrogens is 1. The van der Waals surface area contributed by atoms with Gasteiger partial charge in [-0.25, -0.2) is 4.39 Å². The standard InChI is InChI=1S/C18H20FN3O3/c19-13-3-1-2-12(8-13)17-14(9-20-21-17)18(24)22-4-5-25-16-7-11(10-23)6-15(16)22/h1-3,8-9,11,15-16,23H,4-7,10H2,(H,20,21)/t11-,15+,16?/m1/s1. The van der Waals surface area contributed by atoms with Crippen molar-refractivity contribution in [3.8, 4) is 11.3 Å². The van der Waals surface area contributed by atoms with Gasteiger partial charge in [-0.2, -0.15) is 5.10 Å². The number of fused-ring (bicyclic) bond motifs is 1. The minimum Gasteiger partial charge on any atom is -0.396 e. The Bertz CT molecular complexity index is 778. The maximum absolute atomic E-state index is 13.5. The van der Waals surface area contributed by atoms with Crippen LogP contribution < -0.4 is 0 Å². The summed E-state index contributed by atoms with van der Waals surface area (Å²) in [4.78, 5) is 14.9. The predicted octanol–water partition coefficient (Wildman–Crippen LogP) is 1.83. The smallest absolute Gasteiger partial charge is 0.258 e. The second-order valence-corrected chi connectivity index (χ2v) is 6.66. The van der Waals surface area contributed by atoms with Gasteiger partial charge in [0, 0.05) is 18.7 Å². The highest BCUT2D eigenvalue weighted by Gasteiger charge is 2.43. The molecule has 3 atom stereocenters. The van der Waals surface area contributed by atoms with E-state index in [1.54, 1.807) is 12.1 Å². The Hall–Kier alpha value is -2.25. The van der Waals surface area contributed by atoms with E-state index in [0.717, 1.165) is 12.8 Å². The molecule has 1 amide bonds. The Balaban J connectivity index is 1.62. The minimum atomic E-state index is -0.362. The minimum absolute atomic E-state index is 0.0284. The molecule has 2 fully saturated rings. The molecule has 1 aliphatic carbocycles. The largest absolute Gasteiger partial charge is 0.396 e. The van der Waals surface area contributed by atoms with Crippen LogP contribution in [0.3, 0.4) is 0 Å². The van der Waals surface area contributed by atoms with E-state index in [1.807, 2.05) is 4.90 Å². The van der Waals surface area contributed by atoms with Crippen molar-refractivity contribution in [1.29, 1.82) is 0 Å². The van der Waals surface area contributed by atoms with Crippen molar-refractivity contribution in [2.75, 3.05) is 19.8 Å². The number of hydrogen-bond donors (Lipinski definition) is 2. The normalized spacial score (nSPS) is 25.8. The van der Waals surface area contributed by atoms with Gasteiger partial charge in [0.1, 0.15) is 5.82 Å². The van der Waals surface area contributed by atoms with E-state index < -0.39 is 0 Å². The maximum atomic E-state index is 13.5. The first-order chi connectivity index (χ1) is 12.2. The molecule has 2 aliphatic rings. The van der Waals surface area contributed by atoms with Crippen LogP contribution in [-0.4, -0.2) is 58.0 Å². The van der Waals surface area contributed by atoms with Gasteiger partial charge in [0.15, 0.2) is 0 Å². The molecule has 25 heavy (non-hydrogen) atoms. The van der Waals surface area contributed by atoms with Gasteiger partial charge in [0.25, 0.3) is 5.91 Å². The first-order valence-electron chi connectivity index (χ1n) is 8.50. The molecule has 1 aromatic heterocycles. The van der Waals surface area contributed by atoms with Crippen LogP contribution >= 0.6 is 0 Å². The fraction of sp³-hybridized carbons (Fsp3) is 0.444. The molecule has 1 saturated carbocycles. The van der Waals surface area contributed by atoms with Crippen LogP contribution in [-0.2, 0) is 4.74 Å². The fourth-order valence-corrected chi connectivity index (χ4v) is 3.92. The topological polar surface area (TPSA) is 78.5 Å². The molecule has 1 saturated heterocycles. The van der Waals surface area contributed by atoms with E-state index in [0.29, 0.717) is 30.0 Å². The lowest BCUT2D eigenvalue weighted by atomic mass is 10.0. The summed E-state index contributed by atoms with van der Waals surface area (Å²) in [6.07, 6.45) is 2.97. The van der Waals surface area contributed by atoms with Crippen LogP contribution in [0.5, 0.6) is 0 Å². The molecular weight excluding hydrogens is 325 g/mol. The fourth-order valence-electron chi connectivity index (χ4n) is 3.92. The molecule has 2 aromatic rings. The number of ether oxygens (including phenoxy) is 1. The van der Waals surface area contributed by atoms with E-state index in [-0.39, 0.29) is 36.4 Å². The highest BCUT2D eigenvalue weighted by molar-refractivity contribution is 6.00. The SMILES string of the molecule is O=C(c1cn[nH]c1-c1cccc(F)c1)N1CCOC2C[C@H](CO)C[C@@H]21. The highest BCUT2D eigenvalue weighted by atomic mass is 19.1. The molecule has 0 spiro atoms. The number of aliphatic hydroxyl groups excluding tert-OH is 1. The van der Waals surface area contributed by atoms with Crippen LogP contribution in [0.25, 0.3) is 11.3 Å². The molecule has 132 valence electrons. The molecule has 7 heteroatoms. The van der Waals surface area contributed by atoms with Gasteiger partial charge in [-0.15, -0.1) is 0 Å². The monoisotopic (exact) mass is 345 g/mol. The van der Waals surface area contributed by atoms with Crippen molar-refractivity contribution in [2.24, 2.45) is 5.92 Å². The molecule has 2 N–H and O–H groups in total. The van der Waals surface area contributed by atoms with Crippen molar-refractivity contribution in [1.82, 2.24) is 15.1 Å². The summed E-state index contributed by atoms with van der Waals surface area (Å²) in [6.45, 7) is 1.10. The maximum Gasteiger partial charge on any atom is 0.258 e. The quantitative estimate of drug-likeness (QED) is 0.890. The van der Waals surface area contributed by atoms with E-state index in [2.05, 4.69) is 10.2 Å². The molecule has 0 bridgehead atoms. The molecular formula is C18H20FN3O3. The number of carbonyl (C=O) groups is 1. The van der Waals surface area contributed by atoms with Crippen LogP contribution in [0.15, 0.2) is 30.5 Å². The van der Waals surface area contributed by atoms with Gasteiger partial charge in [0.05, 0.1) is 36.2 Å². The molecule has 1 aromatic carbocycles. The van der Waals surface area contributed by atoms with Crippen molar-refractivity contribution >= 4 is 5.91 Å². The number of morpholine rings is 1. The molecule has 0 radical (unpaired) electrons. The van der Waals surface area contributed by atoms with Crippen LogP contribution in [0.4, 0.5) is 4.39 Å². The summed E-state index contributed by atoms with van der Waals surface area (Å²) in [7, 11) is 0. The Kier molecular flexibility index (Phi) is 4.27. The zero-order valence-electron chi connectivity index (χ0n) is 13.7. The Morgan fingerprint density at radius 2 is 2.32 bits per heavy atom. The number of hydrogen-bond acceptors (Lipinski definition) is 4. The third-order valence-corrected chi connectivity index (χ3v) is 5.14. The van der Waals surface area contributed by atoms with Crippen molar-refractivity contribution in [3.63, 3.8) is 0 Å². The van der Waals surface area contributed by atoms with Gasteiger partial charge in [-0.05, 0) is 30.9 Å². The summed E-state index contributed by atoms with van der Waals surface area (Å²) in [5.74, 6) is -0.334. The number of benzene rings is 1. The predicted molar refractivity (Wildman–Crippen MR) is 88.4 cm³/mol. The van der Waals surface area contributed by atoms with Gasteiger partial charge < -0.3 is 14.7 Å². The average molecular weight is 345 g/mol. The number of nitrogens with zero attached hydrogens (tertiary/aromatic N) is 2. The molecule has 4 rings (SSSR count). The number of halogens is 1. The third kappa shape index (κ3) is 2.94. The van der Waals surface area contributed by atoms with Gasteiger partial charge in [-0.1, -0.05) is 12.1 Å². The van der Waals surface area contributed by atoms with Gasteiger partial charge in [0.2, 0.25) is 0 Å². The summed E-state index contributed by atoms with van der Waals surface area (Å²) in [5, 5.41) is 16.2. The Morgan fingerprint density at radius 1 is 1.44 bits per heavy atom. The van der Waals surface area contributed by atoms with E-state index >= 15 is 0 Å². The Morgan fingerprint density at radius 3 is 3.12 bits per heavy atom. The summed E-state index contributed by atoms with van der Waals surface area (Å²) in [5.41, 5.74) is 1.54. The number of rotatable bonds is 3. The number of aromatic amines is 1. The van der Waals surface area contributed by atoms with Crippen molar-refractivity contribution in [2.45, 2.75) is 25.0 Å². The van der Waals surface area contributed by atoms with Crippen LogP contribution in [0.1, 0.15) is 23.2 Å². The van der Waals surface area contributed by atoms with Gasteiger partial charge in [-0.3, -0.25) is 9.89 Å². The summed E-state index contributed by atoms with van der Waals surface area (Å²) >= 11 is 0. The summed E-state index contributed by atoms with van der Waals surface area (Å²) in [6, 6.07) is 6.06.